The molecule has 2 aliphatic heterocycles. The van der Waals surface area contributed by atoms with Crippen molar-refractivity contribution in [2.24, 2.45) is 5.92 Å². The summed E-state index contributed by atoms with van der Waals surface area (Å²) >= 11 is 0. The predicted molar refractivity (Wildman–Crippen MR) is 86.1 cm³/mol. The van der Waals surface area contributed by atoms with Gasteiger partial charge in [-0.1, -0.05) is 12.1 Å². The summed E-state index contributed by atoms with van der Waals surface area (Å²) in [4.78, 5) is 2.30. The van der Waals surface area contributed by atoms with E-state index in [1.54, 1.807) is 12.1 Å². The molecule has 1 aromatic carbocycles. The van der Waals surface area contributed by atoms with Crippen LogP contribution >= 0.6 is 0 Å². The van der Waals surface area contributed by atoms with E-state index in [4.69, 9.17) is 4.74 Å². The summed E-state index contributed by atoms with van der Waals surface area (Å²) in [6.07, 6.45) is -1.99. The smallest absolute Gasteiger partial charge is 0.406 e. The maximum absolute atomic E-state index is 12.2. The van der Waals surface area contributed by atoms with Crippen LogP contribution in [-0.2, 0) is 11.3 Å². The first-order chi connectivity index (χ1) is 11.7. The Morgan fingerprint density at radius 1 is 1.32 bits per heavy atom. The number of hydrogen-bond acceptors (Lipinski definition) is 4. The van der Waals surface area contributed by atoms with Gasteiger partial charge in [-0.2, -0.15) is 0 Å². The van der Waals surface area contributed by atoms with Crippen LogP contribution in [0.25, 0.3) is 0 Å². The zero-order valence-corrected chi connectivity index (χ0v) is 14.3. The summed E-state index contributed by atoms with van der Waals surface area (Å²) in [6.45, 7) is 4.56. The van der Waals surface area contributed by atoms with Gasteiger partial charge in [-0.25, -0.2) is 0 Å². The van der Waals surface area contributed by atoms with Crippen LogP contribution in [0.2, 0.25) is 0 Å². The molecule has 0 saturated carbocycles. The Kier molecular flexibility index (Phi) is 5.27. The van der Waals surface area contributed by atoms with Crippen molar-refractivity contribution in [1.29, 1.82) is 0 Å². The summed E-state index contributed by atoms with van der Waals surface area (Å²) in [5.41, 5.74) is 0.188. The number of alkyl halides is 3. The average molecular weight is 359 g/mol. The number of nitrogens with zero attached hydrogens (tertiary/aromatic N) is 1. The molecule has 2 heterocycles. The largest absolute Gasteiger partial charge is 0.573 e. The van der Waals surface area contributed by atoms with Crippen LogP contribution in [0.4, 0.5) is 13.2 Å². The third-order valence-corrected chi connectivity index (χ3v) is 5.27. The minimum absolute atomic E-state index is 0.0524. The molecule has 140 valence electrons. The molecule has 0 aliphatic carbocycles. The van der Waals surface area contributed by atoms with Gasteiger partial charge in [0.2, 0.25) is 0 Å². The van der Waals surface area contributed by atoms with Crippen LogP contribution in [-0.4, -0.2) is 47.8 Å². The topological polar surface area (TPSA) is 41.9 Å². The van der Waals surface area contributed by atoms with E-state index in [0.717, 1.165) is 24.9 Å². The maximum Gasteiger partial charge on any atom is 0.573 e. The Balaban J connectivity index is 1.65. The van der Waals surface area contributed by atoms with E-state index in [1.165, 1.54) is 12.1 Å². The molecule has 25 heavy (non-hydrogen) atoms. The van der Waals surface area contributed by atoms with Crippen molar-refractivity contribution in [2.75, 3.05) is 19.8 Å². The summed E-state index contributed by atoms with van der Waals surface area (Å²) in [5, 5.41) is 10.7. The van der Waals surface area contributed by atoms with Gasteiger partial charge in [-0.15, -0.1) is 13.2 Å². The number of halogens is 3. The molecule has 1 aromatic rings. The number of hydrogen-bond donors (Lipinski definition) is 1. The minimum Gasteiger partial charge on any atom is -0.406 e. The first-order valence-corrected chi connectivity index (χ1v) is 8.63. The molecule has 1 N–H and O–H groups in total. The lowest BCUT2D eigenvalue weighted by Crippen LogP contribution is -2.52. The van der Waals surface area contributed by atoms with Crippen molar-refractivity contribution in [2.45, 2.75) is 50.7 Å². The first kappa shape index (κ1) is 18.5. The highest BCUT2D eigenvalue weighted by atomic mass is 19.4. The summed E-state index contributed by atoms with van der Waals surface area (Å²) in [5.74, 6) is -0.158. The second kappa shape index (κ2) is 7.13. The van der Waals surface area contributed by atoms with Crippen molar-refractivity contribution in [3.63, 3.8) is 0 Å². The van der Waals surface area contributed by atoms with Crippen molar-refractivity contribution < 1.29 is 27.8 Å². The Morgan fingerprint density at radius 2 is 2.04 bits per heavy atom. The summed E-state index contributed by atoms with van der Waals surface area (Å²) in [7, 11) is 0. The molecule has 2 fully saturated rings. The highest BCUT2D eigenvalue weighted by Crippen LogP contribution is 2.36. The number of rotatable bonds is 4. The number of benzene rings is 1. The van der Waals surface area contributed by atoms with E-state index < -0.39 is 12.0 Å². The van der Waals surface area contributed by atoms with Gasteiger partial charge in [0, 0.05) is 25.1 Å². The summed E-state index contributed by atoms with van der Waals surface area (Å²) in [6, 6.07) is 6.22. The van der Waals surface area contributed by atoms with Gasteiger partial charge >= 0.3 is 6.36 Å². The van der Waals surface area contributed by atoms with Crippen molar-refractivity contribution in [3.05, 3.63) is 29.8 Å². The molecule has 3 rings (SSSR count). The molecule has 3 atom stereocenters. The van der Waals surface area contributed by atoms with Crippen LogP contribution < -0.4 is 4.74 Å². The quantitative estimate of drug-likeness (QED) is 0.895. The van der Waals surface area contributed by atoms with Gasteiger partial charge < -0.3 is 14.6 Å². The Bertz CT molecular complexity index is 574. The average Bonchev–Trinajstić information content (AvgIpc) is 2.95. The van der Waals surface area contributed by atoms with Gasteiger partial charge in [0.15, 0.2) is 0 Å². The van der Waals surface area contributed by atoms with Crippen molar-refractivity contribution in [1.82, 2.24) is 4.90 Å². The molecule has 2 aliphatic rings. The molecule has 0 spiro atoms. The fraction of sp³-hybridized carbons (Fsp3) is 0.667. The van der Waals surface area contributed by atoms with E-state index in [9.17, 15) is 18.3 Å². The van der Waals surface area contributed by atoms with Gasteiger partial charge in [0.05, 0.1) is 12.2 Å². The summed E-state index contributed by atoms with van der Waals surface area (Å²) < 4.78 is 46.2. The zero-order valence-electron chi connectivity index (χ0n) is 14.3. The van der Waals surface area contributed by atoms with E-state index in [2.05, 4.69) is 9.64 Å². The van der Waals surface area contributed by atoms with Crippen LogP contribution in [0, 0.1) is 5.92 Å². The molecule has 0 unspecified atom stereocenters. The second-order valence-electron chi connectivity index (χ2n) is 7.16. The molecule has 0 radical (unpaired) electrons. The fourth-order valence-electron chi connectivity index (χ4n) is 3.91. The second-order valence-corrected chi connectivity index (χ2v) is 7.16. The normalized spacial score (nSPS) is 31.2. The standard InChI is InChI=1S/C18H24F3NO3/c1-17(23)8-10-24-12-15(17)16-3-2-9-22(16)11-13-4-6-14(7-5-13)25-18(19,20)21/h4-7,15-16,23H,2-3,8-12H2,1H3/t15-,16+,17+/m1/s1. The molecule has 0 bridgehead atoms. The van der Waals surface area contributed by atoms with Crippen molar-refractivity contribution in [3.8, 4) is 5.75 Å². The van der Waals surface area contributed by atoms with E-state index >= 15 is 0 Å². The lowest BCUT2D eigenvalue weighted by atomic mass is 9.79. The maximum atomic E-state index is 12.2. The Morgan fingerprint density at radius 3 is 2.68 bits per heavy atom. The highest BCUT2D eigenvalue weighted by Gasteiger charge is 2.43. The van der Waals surface area contributed by atoms with Crippen LogP contribution in [0.3, 0.4) is 0 Å². The lowest BCUT2D eigenvalue weighted by Gasteiger charge is -2.43. The van der Waals surface area contributed by atoms with E-state index in [0.29, 0.717) is 26.2 Å². The molecule has 0 amide bonds. The molecule has 7 heteroatoms. The van der Waals surface area contributed by atoms with Crippen LogP contribution in [0.15, 0.2) is 24.3 Å². The van der Waals surface area contributed by atoms with E-state index in [1.807, 2.05) is 6.92 Å². The first-order valence-electron chi connectivity index (χ1n) is 8.63. The van der Waals surface area contributed by atoms with Crippen LogP contribution in [0.5, 0.6) is 5.75 Å². The third kappa shape index (κ3) is 4.65. The zero-order chi connectivity index (χ0) is 18.1. The minimum atomic E-state index is -4.67. The fourth-order valence-corrected chi connectivity index (χ4v) is 3.91. The highest BCUT2D eigenvalue weighted by molar-refractivity contribution is 5.27. The Labute approximate surface area is 145 Å². The van der Waals surface area contributed by atoms with Gasteiger partial charge in [-0.05, 0) is 50.4 Å². The number of ether oxygens (including phenoxy) is 2. The van der Waals surface area contributed by atoms with Gasteiger partial charge in [-0.3, -0.25) is 4.90 Å². The van der Waals surface area contributed by atoms with Gasteiger partial charge in [0.1, 0.15) is 5.75 Å². The molecular formula is C18H24F3NO3. The predicted octanol–water partition coefficient (Wildman–Crippen LogP) is 3.34. The Hall–Kier alpha value is -1.31. The van der Waals surface area contributed by atoms with Crippen LogP contribution in [0.1, 0.15) is 31.7 Å². The molecule has 4 nitrogen and oxygen atoms in total. The van der Waals surface area contributed by atoms with Gasteiger partial charge in [0.25, 0.3) is 0 Å². The van der Waals surface area contributed by atoms with E-state index in [-0.39, 0.29) is 17.7 Å². The lowest BCUT2D eigenvalue weighted by molar-refractivity contribution is -0.274. The number of likely N-dealkylation sites (tertiary alicyclic amines) is 1. The molecular weight excluding hydrogens is 335 g/mol. The number of aliphatic hydroxyl groups is 1. The third-order valence-electron chi connectivity index (χ3n) is 5.27. The monoisotopic (exact) mass is 359 g/mol. The SMILES string of the molecule is C[C@]1(O)CCOC[C@@H]1[C@@H]1CCCN1Cc1ccc(OC(F)(F)F)cc1. The van der Waals surface area contributed by atoms with Crippen molar-refractivity contribution >= 4 is 0 Å². The molecule has 0 aromatic heterocycles. The molecule has 2 saturated heterocycles.